The predicted octanol–water partition coefficient (Wildman–Crippen LogP) is 7.92. The number of alkyl halides is 2. The van der Waals surface area contributed by atoms with Crippen molar-refractivity contribution in [3.63, 3.8) is 0 Å². The Morgan fingerprint density at radius 3 is 1.87 bits per heavy atom. The zero-order valence-corrected chi connectivity index (χ0v) is 18.8. The van der Waals surface area contributed by atoms with Gasteiger partial charge in [-0.05, 0) is 48.6 Å². The second-order valence-corrected chi connectivity index (χ2v) is 9.87. The molecule has 0 radical (unpaired) electrons. The zero-order chi connectivity index (χ0) is 16.6. The predicted molar refractivity (Wildman–Crippen MR) is 114 cm³/mol. The molecule has 5 heteroatoms. The van der Waals surface area contributed by atoms with Crippen molar-refractivity contribution in [1.29, 1.82) is 0 Å². The second-order valence-electron chi connectivity index (χ2n) is 5.19. The monoisotopic (exact) mass is 578 g/mol. The van der Waals surface area contributed by atoms with E-state index in [4.69, 9.17) is 11.6 Å². The van der Waals surface area contributed by atoms with Crippen LogP contribution in [0.15, 0.2) is 74.1 Å². The van der Waals surface area contributed by atoms with E-state index in [1.165, 1.54) is 0 Å². The van der Waals surface area contributed by atoms with E-state index in [1.807, 2.05) is 36.4 Å². The first kappa shape index (κ1) is 17.9. The Balaban J connectivity index is 2.30. The summed E-state index contributed by atoms with van der Waals surface area (Å²) in [5.41, 5.74) is 3.42. The van der Waals surface area contributed by atoms with Crippen LogP contribution in [0.1, 0.15) is 17.0 Å². The highest BCUT2D eigenvalue weighted by atomic mass is 79.9. The number of hydrogen-bond acceptors (Lipinski definition) is 0. The summed E-state index contributed by atoms with van der Waals surface area (Å²) >= 11 is 21.7. The Labute approximate surface area is 174 Å². The average Bonchev–Trinajstić information content (AvgIpc) is 2.58. The summed E-state index contributed by atoms with van der Waals surface area (Å²) in [6.07, 6.45) is 0. The lowest BCUT2D eigenvalue weighted by atomic mass is 9.81. The first-order valence-electron chi connectivity index (χ1n) is 6.88. The number of halogens is 5. The standard InChI is InChI=1S/C18H11Br4Cl/c19-15-13(11-7-3-1-4-8-11)14(12-9-5-2-6-10-12)18(22,23)17(21)16(15)20/h1-10,14H. The minimum atomic E-state index is -0.768. The summed E-state index contributed by atoms with van der Waals surface area (Å²) in [4.78, 5) is 0. The molecular formula is C18H11Br4Cl. The van der Waals surface area contributed by atoms with Crippen molar-refractivity contribution in [3.05, 3.63) is 85.2 Å². The lowest BCUT2D eigenvalue weighted by molar-refractivity contribution is 0.835. The van der Waals surface area contributed by atoms with Crippen molar-refractivity contribution in [1.82, 2.24) is 0 Å². The second kappa shape index (κ2) is 7.17. The Bertz CT molecular complexity index is 779. The van der Waals surface area contributed by atoms with E-state index in [9.17, 15) is 0 Å². The molecule has 23 heavy (non-hydrogen) atoms. The fourth-order valence-electron chi connectivity index (χ4n) is 2.73. The molecule has 0 amide bonds. The van der Waals surface area contributed by atoms with Crippen molar-refractivity contribution in [3.8, 4) is 0 Å². The quantitative estimate of drug-likeness (QED) is 0.316. The summed E-state index contributed by atoms with van der Waals surface area (Å²) in [5.74, 6) is -0.0576. The van der Waals surface area contributed by atoms with Crippen LogP contribution >= 0.6 is 75.3 Å². The maximum absolute atomic E-state index is 6.95. The van der Waals surface area contributed by atoms with Gasteiger partial charge in [0.05, 0.1) is 0 Å². The van der Waals surface area contributed by atoms with Gasteiger partial charge in [0, 0.05) is 19.4 Å². The summed E-state index contributed by atoms with van der Waals surface area (Å²) in [6.45, 7) is 0. The van der Waals surface area contributed by atoms with Gasteiger partial charge in [-0.3, -0.25) is 0 Å². The third-order valence-electron chi connectivity index (χ3n) is 3.78. The van der Waals surface area contributed by atoms with Gasteiger partial charge in [-0.25, -0.2) is 0 Å². The zero-order valence-electron chi connectivity index (χ0n) is 11.7. The molecule has 1 aliphatic rings. The third-order valence-corrected chi connectivity index (χ3v) is 9.51. The van der Waals surface area contributed by atoms with Crippen LogP contribution in [0.4, 0.5) is 0 Å². The van der Waals surface area contributed by atoms with Crippen molar-refractivity contribution >= 4 is 80.9 Å². The highest BCUT2D eigenvalue weighted by Crippen LogP contribution is 2.60. The summed E-state index contributed by atoms with van der Waals surface area (Å²) in [7, 11) is 0. The van der Waals surface area contributed by atoms with Crippen LogP contribution in [0.25, 0.3) is 5.57 Å². The van der Waals surface area contributed by atoms with Gasteiger partial charge in [0.2, 0.25) is 0 Å². The van der Waals surface area contributed by atoms with Gasteiger partial charge in [0.1, 0.15) is 3.78 Å². The maximum atomic E-state index is 6.95. The van der Waals surface area contributed by atoms with Gasteiger partial charge in [-0.2, -0.15) is 0 Å². The van der Waals surface area contributed by atoms with Crippen LogP contribution in [0.3, 0.4) is 0 Å². The van der Waals surface area contributed by atoms with Crippen molar-refractivity contribution < 1.29 is 0 Å². The smallest absolute Gasteiger partial charge is 0.0998 e. The molecule has 0 nitrogen and oxygen atoms in total. The summed E-state index contributed by atoms with van der Waals surface area (Å²) in [5, 5.41) is 0. The third kappa shape index (κ3) is 3.30. The lowest BCUT2D eigenvalue weighted by Gasteiger charge is -2.38. The minimum absolute atomic E-state index is 0.0576. The van der Waals surface area contributed by atoms with Crippen LogP contribution < -0.4 is 0 Å². The number of hydrogen-bond donors (Lipinski definition) is 0. The molecule has 0 aliphatic heterocycles. The Hall–Kier alpha value is 0.130. The Kier molecular flexibility index (Phi) is 5.59. The van der Waals surface area contributed by atoms with E-state index in [1.54, 1.807) is 0 Å². The van der Waals surface area contributed by atoms with E-state index in [2.05, 4.69) is 88.0 Å². The summed E-state index contributed by atoms with van der Waals surface area (Å²) < 4.78 is 2.01. The molecule has 0 saturated heterocycles. The number of allylic oxidation sites excluding steroid dienone is 4. The van der Waals surface area contributed by atoms with Gasteiger partial charge >= 0.3 is 0 Å². The highest BCUT2D eigenvalue weighted by Gasteiger charge is 2.46. The van der Waals surface area contributed by atoms with Gasteiger partial charge in [-0.1, -0.05) is 104 Å². The first-order valence-corrected chi connectivity index (χ1v) is 10.4. The number of benzene rings is 2. The van der Waals surface area contributed by atoms with Gasteiger partial charge in [0.15, 0.2) is 0 Å². The molecule has 2 atom stereocenters. The fraction of sp³-hybridized carbons (Fsp3) is 0.111. The minimum Gasteiger partial charge on any atom is -0.0998 e. The molecule has 0 fully saturated rings. The van der Waals surface area contributed by atoms with Gasteiger partial charge < -0.3 is 0 Å². The molecular weight excluding hydrogens is 571 g/mol. The number of rotatable bonds is 2. The molecule has 3 rings (SSSR count). The van der Waals surface area contributed by atoms with Crippen molar-refractivity contribution in [2.45, 2.75) is 9.70 Å². The molecule has 0 heterocycles. The molecule has 0 bridgehead atoms. The van der Waals surface area contributed by atoms with Crippen LogP contribution in [0.2, 0.25) is 0 Å². The Morgan fingerprint density at radius 1 is 0.783 bits per heavy atom. The van der Waals surface area contributed by atoms with Crippen LogP contribution in [-0.4, -0.2) is 3.78 Å². The van der Waals surface area contributed by atoms with E-state index < -0.39 is 3.78 Å². The van der Waals surface area contributed by atoms with Crippen molar-refractivity contribution in [2.24, 2.45) is 0 Å². The van der Waals surface area contributed by atoms with Gasteiger partial charge in [-0.15, -0.1) is 0 Å². The molecule has 118 valence electrons. The average molecular weight is 582 g/mol. The van der Waals surface area contributed by atoms with Crippen LogP contribution in [-0.2, 0) is 0 Å². The van der Waals surface area contributed by atoms with Crippen molar-refractivity contribution in [2.75, 3.05) is 0 Å². The SMILES string of the molecule is ClC1(Br)C(Br)=C(Br)C(Br)=C(c2ccccc2)C1c1ccccc1. The Morgan fingerprint density at radius 2 is 1.30 bits per heavy atom. The largest absolute Gasteiger partial charge is 0.142 e. The molecule has 1 aliphatic carbocycles. The molecule has 0 saturated carbocycles. The van der Waals surface area contributed by atoms with E-state index in [-0.39, 0.29) is 5.92 Å². The molecule has 0 aromatic heterocycles. The van der Waals surface area contributed by atoms with Crippen LogP contribution in [0, 0.1) is 0 Å². The molecule has 2 aromatic rings. The topological polar surface area (TPSA) is 0 Å². The first-order chi connectivity index (χ1) is 10.9. The van der Waals surface area contributed by atoms with E-state index in [0.29, 0.717) is 0 Å². The van der Waals surface area contributed by atoms with Gasteiger partial charge in [0.25, 0.3) is 0 Å². The fourth-order valence-corrected chi connectivity index (χ4v) is 6.01. The van der Waals surface area contributed by atoms with E-state index in [0.717, 1.165) is 30.1 Å². The molecule has 2 unspecified atom stereocenters. The lowest BCUT2D eigenvalue weighted by Crippen LogP contribution is -2.29. The van der Waals surface area contributed by atoms with E-state index >= 15 is 0 Å². The molecule has 2 aromatic carbocycles. The molecule has 0 spiro atoms. The van der Waals surface area contributed by atoms with Crippen LogP contribution in [0.5, 0.6) is 0 Å². The maximum Gasteiger partial charge on any atom is 0.142 e. The highest BCUT2D eigenvalue weighted by molar-refractivity contribution is 9.17. The summed E-state index contributed by atoms with van der Waals surface area (Å²) in [6, 6.07) is 20.6. The molecule has 0 N–H and O–H groups in total. The normalized spacial score (nSPS) is 25.0.